The van der Waals surface area contributed by atoms with Crippen molar-refractivity contribution in [2.45, 2.75) is 27.2 Å². The van der Waals surface area contributed by atoms with Gasteiger partial charge in [0.1, 0.15) is 0 Å². The first kappa shape index (κ1) is 9.08. The molecule has 0 spiro atoms. The monoisotopic (exact) mass is 138 g/mol. The van der Waals surface area contributed by atoms with Crippen LogP contribution >= 0.6 is 0 Å². The number of rotatable bonds is 3. The topological polar surface area (TPSA) is 24.7 Å². The summed E-state index contributed by atoms with van der Waals surface area (Å²) in [5.74, 6) is 0. The van der Waals surface area contributed by atoms with Crippen molar-refractivity contribution in [3.05, 3.63) is 12.2 Å². The minimum Gasteiger partial charge on any atom is -0.164 e. The lowest BCUT2D eigenvalue weighted by Gasteiger charge is -1.96. The van der Waals surface area contributed by atoms with E-state index >= 15 is 0 Å². The normalized spacial score (nSPS) is 12.5. The molecule has 0 aliphatic rings. The van der Waals surface area contributed by atoms with Crippen LogP contribution in [0.1, 0.15) is 27.2 Å². The Bertz CT molecular complexity index is 166. The van der Waals surface area contributed by atoms with Gasteiger partial charge in [-0.05, 0) is 25.8 Å². The molecule has 0 rings (SSSR count). The van der Waals surface area contributed by atoms with Gasteiger partial charge in [-0.2, -0.15) is 10.2 Å². The Balaban J connectivity index is 4.18. The van der Waals surface area contributed by atoms with Crippen LogP contribution in [0.5, 0.6) is 0 Å². The molecule has 0 saturated heterocycles. The smallest absolute Gasteiger partial charge is 0.0650 e. The molecule has 0 radical (unpaired) electrons. The first-order valence-corrected chi connectivity index (χ1v) is 3.42. The van der Waals surface area contributed by atoms with Gasteiger partial charge in [-0.1, -0.05) is 13.5 Å². The fourth-order valence-corrected chi connectivity index (χ4v) is 0.585. The molecule has 2 nitrogen and oxygen atoms in total. The van der Waals surface area contributed by atoms with Crippen LogP contribution in [0, 0.1) is 0 Å². The molecule has 0 saturated carbocycles. The van der Waals surface area contributed by atoms with Crippen LogP contribution in [0.15, 0.2) is 22.4 Å². The zero-order valence-corrected chi connectivity index (χ0v) is 6.89. The van der Waals surface area contributed by atoms with Gasteiger partial charge in [0.2, 0.25) is 0 Å². The molecule has 0 fully saturated rings. The predicted molar refractivity (Wildman–Crippen MR) is 46.7 cm³/mol. The third-order valence-corrected chi connectivity index (χ3v) is 1.12. The third-order valence-electron chi connectivity index (χ3n) is 1.12. The molecule has 0 atom stereocenters. The minimum absolute atomic E-state index is 0.896. The molecule has 0 amide bonds. The molecule has 0 N–H and O–H groups in total. The lowest BCUT2D eigenvalue weighted by molar-refractivity contribution is 1.17. The molecule has 2 heteroatoms. The van der Waals surface area contributed by atoms with Crippen molar-refractivity contribution in [3.63, 3.8) is 0 Å². The Hall–Kier alpha value is -0.920. The van der Waals surface area contributed by atoms with E-state index in [1.54, 1.807) is 6.21 Å². The summed E-state index contributed by atoms with van der Waals surface area (Å²) in [6, 6.07) is 0. The maximum atomic E-state index is 3.95. The Morgan fingerprint density at radius 3 is 2.50 bits per heavy atom. The van der Waals surface area contributed by atoms with Crippen molar-refractivity contribution >= 4 is 11.9 Å². The molecule has 0 unspecified atom stereocenters. The van der Waals surface area contributed by atoms with Gasteiger partial charge in [-0.3, -0.25) is 0 Å². The predicted octanol–water partition coefficient (Wildman–Crippen LogP) is 2.42. The van der Waals surface area contributed by atoms with E-state index in [9.17, 15) is 0 Å². The standard InChI is InChI=1S/C8H14N2/c1-5-8(7(3)4)10-9-6-2/h6H,3,5H2,1-2,4H3/b9-6+,10-8+. The van der Waals surface area contributed by atoms with Gasteiger partial charge in [-0.15, -0.1) is 0 Å². The Labute approximate surface area is 62.4 Å². The average Bonchev–Trinajstić information content (AvgIpc) is 1.89. The first-order chi connectivity index (χ1) is 4.72. The highest BCUT2D eigenvalue weighted by Crippen LogP contribution is 1.97. The summed E-state index contributed by atoms with van der Waals surface area (Å²) in [6.07, 6.45) is 2.56. The van der Waals surface area contributed by atoms with Crippen LogP contribution in [0.3, 0.4) is 0 Å². The second kappa shape index (κ2) is 4.91. The third kappa shape index (κ3) is 3.17. The lowest BCUT2D eigenvalue weighted by Crippen LogP contribution is -1.94. The zero-order chi connectivity index (χ0) is 7.98. The molecule has 0 heterocycles. The molecule has 0 aliphatic heterocycles. The summed E-state index contributed by atoms with van der Waals surface area (Å²) in [7, 11) is 0. The number of nitrogens with zero attached hydrogens (tertiary/aromatic N) is 2. The van der Waals surface area contributed by atoms with E-state index in [0.717, 1.165) is 17.7 Å². The summed E-state index contributed by atoms with van der Waals surface area (Å²) < 4.78 is 0. The SMILES string of the molecule is C=C(C)/C(CC)=N/N=C/C. The van der Waals surface area contributed by atoms with Crippen molar-refractivity contribution in [3.8, 4) is 0 Å². The van der Waals surface area contributed by atoms with Gasteiger partial charge in [0.05, 0.1) is 5.71 Å². The molecule has 0 aromatic heterocycles. The molecule has 0 aromatic rings. The van der Waals surface area contributed by atoms with Crippen molar-refractivity contribution in [2.75, 3.05) is 0 Å². The van der Waals surface area contributed by atoms with Crippen LogP contribution in [0.2, 0.25) is 0 Å². The summed E-state index contributed by atoms with van der Waals surface area (Å²) in [4.78, 5) is 0. The number of hydrogen-bond donors (Lipinski definition) is 0. The van der Waals surface area contributed by atoms with E-state index < -0.39 is 0 Å². The van der Waals surface area contributed by atoms with Gasteiger partial charge >= 0.3 is 0 Å². The van der Waals surface area contributed by atoms with E-state index in [-0.39, 0.29) is 0 Å². The second-order valence-electron chi connectivity index (χ2n) is 2.05. The highest BCUT2D eigenvalue weighted by atomic mass is 15.2. The van der Waals surface area contributed by atoms with Gasteiger partial charge in [0, 0.05) is 6.21 Å². The van der Waals surface area contributed by atoms with Crippen molar-refractivity contribution in [2.24, 2.45) is 10.2 Å². The summed E-state index contributed by atoms with van der Waals surface area (Å²) in [5.41, 5.74) is 1.96. The van der Waals surface area contributed by atoms with Gasteiger partial charge < -0.3 is 0 Å². The van der Waals surface area contributed by atoms with Crippen molar-refractivity contribution in [1.29, 1.82) is 0 Å². The Kier molecular flexibility index (Phi) is 4.46. The maximum absolute atomic E-state index is 3.95. The zero-order valence-electron chi connectivity index (χ0n) is 6.89. The van der Waals surface area contributed by atoms with Crippen molar-refractivity contribution in [1.82, 2.24) is 0 Å². The van der Waals surface area contributed by atoms with Crippen LogP contribution in [-0.4, -0.2) is 11.9 Å². The van der Waals surface area contributed by atoms with Crippen LogP contribution in [-0.2, 0) is 0 Å². The Morgan fingerprint density at radius 1 is 1.60 bits per heavy atom. The van der Waals surface area contributed by atoms with E-state index in [1.807, 2.05) is 20.8 Å². The van der Waals surface area contributed by atoms with Gasteiger partial charge in [-0.25, -0.2) is 0 Å². The van der Waals surface area contributed by atoms with E-state index in [1.165, 1.54) is 0 Å². The fourth-order valence-electron chi connectivity index (χ4n) is 0.585. The van der Waals surface area contributed by atoms with Crippen molar-refractivity contribution < 1.29 is 0 Å². The fraction of sp³-hybridized carbons (Fsp3) is 0.500. The minimum atomic E-state index is 0.896. The van der Waals surface area contributed by atoms with E-state index in [4.69, 9.17) is 0 Å². The molecule has 56 valence electrons. The van der Waals surface area contributed by atoms with Gasteiger partial charge in [0.25, 0.3) is 0 Å². The summed E-state index contributed by atoms with van der Waals surface area (Å²) in [6.45, 7) is 9.60. The number of hydrogen-bond acceptors (Lipinski definition) is 2. The van der Waals surface area contributed by atoms with Gasteiger partial charge in [0.15, 0.2) is 0 Å². The molecule has 10 heavy (non-hydrogen) atoms. The molecule has 0 aromatic carbocycles. The van der Waals surface area contributed by atoms with Crippen LogP contribution in [0.4, 0.5) is 0 Å². The highest BCUT2D eigenvalue weighted by molar-refractivity contribution is 5.98. The molecule has 0 aliphatic carbocycles. The van der Waals surface area contributed by atoms with Crippen LogP contribution < -0.4 is 0 Å². The second-order valence-corrected chi connectivity index (χ2v) is 2.05. The highest BCUT2D eigenvalue weighted by Gasteiger charge is 1.93. The van der Waals surface area contributed by atoms with E-state index in [2.05, 4.69) is 16.8 Å². The maximum Gasteiger partial charge on any atom is 0.0650 e. The number of allylic oxidation sites excluding steroid dienone is 1. The lowest BCUT2D eigenvalue weighted by atomic mass is 10.2. The summed E-state index contributed by atoms with van der Waals surface area (Å²) in [5, 5.41) is 7.71. The first-order valence-electron chi connectivity index (χ1n) is 3.42. The van der Waals surface area contributed by atoms with Crippen LogP contribution in [0.25, 0.3) is 0 Å². The quantitative estimate of drug-likeness (QED) is 0.422. The molecule has 0 bridgehead atoms. The Morgan fingerprint density at radius 2 is 2.20 bits per heavy atom. The largest absolute Gasteiger partial charge is 0.164 e. The molecular formula is C8H14N2. The molecular weight excluding hydrogens is 124 g/mol. The van der Waals surface area contributed by atoms with E-state index in [0.29, 0.717) is 0 Å². The summed E-state index contributed by atoms with van der Waals surface area (Å²) >= 11 is 0. The average molecular weight is 138 g/mol.